The van der Waals surface area contributed by atoms with Crippen molar-refractivity contribution < 1.29 is 9.72 Å². The van der Waals surface area contributed by atoms with Crippen LogP contribution in [0.5, 0.6) is 0 Å². The quantitative estimate of drug-likeness (QED) is 0.243. The van der Waals surface area contributed by atoms with Crippen LogP contribution in [0, 0.1) is 17.0 Å². The van der Waals surface area contributed by atoms with Crippen molar-refractivity contribution >= 4 is 11.7 Å². The van der Waals surface area contributed by atoms with Crippen LogP contribution in [-0.2, 0) is 11.3 Å². The van der Waals surface area contributed by atoms with E-state index in [2.05, 4.69) is 5.10 Å². The number of hydrogen-bond acceptors (Lipinski definition) is 5. The first-order chi connectivity index (χ1) is 8.04. The van der Waals surface area contributed by atoms with Crippen LogP contribution in [-0.4, -0.2) is 20.6 Å². The number of unbranched alkanes of at least 4 members (excludes halogenated alkanes) is 1. The van der Waals surface area contributed by atoms with Crippen molar-refractivity contribution in [1.82, 2.24) is 15.2 Å². The van der Waals surface area contributed by atoms with Gasteiger partial charge in [-0.2, -0.15) is 4.68 Å². The van der Waals surface area contributed by atoms with Crippen LogP contribution in [0.1, 0.15) is 25.0 Å². The molecule has 94 valence electrons. The van der Waals surface area contributed by atoms with Gasteiger partial charge in [0.25, 0.3) is 0 Å². The van der Waals surface area contributed by atoms with Crippen molar-refractivity contribution in [3.63, 3.8) is 0 Å². The van der Waals surface area contributed by atoms with Gasteiger partial charge in [-0.05, 0) is 24.7 Å². The third kappa shape index (κ3) is 3.83. The Morgan fingerprint density at radius 3 is 2.88 bits per heavy atom. The molecule has 0 aliphatic rings. The molecule has 0 spiro atoms. The highest BCUT2D eigenvalue weighted by atomic mass is 16.6. The predicted molar refractivity (Wildman–Crippen MR) is 59.8 cm³/mol. The monoisotopic (exact) mass is 241 g/mol. The van der Waals surface area contributed by atoms with E-state index < -0.39 is 4.92 Å². The van der Waals surface area contributed by atoms with Crippen molar-refractivity contribution in [3.05, 3.63) is 21.9 Å². The summed E-state index contributed by atoms with van der Waals surface area (Å²) in [7, 11) is 0. The second-order valence-electron chi connectivity index (χ2n) is 3.65. The summed E-state index contributed by atoms with van der Waals surface area (Å²) in [6.45, 7) is 2.31. The molecule has 1 amide bonds. The third-order valence-corrected chi connectivity index (χ3v) is 2.34. The van der Waals surface area contributed by atoms with Gasteiger partial charge in [0.2, 0.25) is 5.91 Å². The first kappa shape index (κ1) is 13.1. The molecule has 0 radical (unpaired) electrons. The molecule has 0 aliphatic heterocycles. The van der Waals surface area contributed by atoms with Crippen molar-refractivity contribution in [1.29, 1.82) is 0 Å². The average molecular weight is 241 g/mol. The maximum Gasteiger partial charge on any atom is 0.390 e. The summed E-state index contributed by atoms with van der Waals surface area (Å²) in [6.07, 6.45) is 1.72. The molecule has 0 aromatic carbocycles. The first-order valence-corrected chi connectivity index (χ1v) is 5.23. The average Bonchev–Trinajstić information content (AvgIpc) is 2.66. The number of nitrogens with two attached hydrogens (primary N) is 1. The Morgan fingerprint density at radius 2 is 2.35 bits per heavy atom. The number of hydrazine groups is 1. The number of nitrogens with one attached hydrogen (secondary N) is 1. The Kier molecular flexibility index (Phi) is 4.58. The minimum atomic E-state index is -0.522. The number of carbonyl (C=O) groups excluding carboxylic acids is 1. The zero-order valence-electron chi connectivity index (χ0n) is 9.55. The van der Waals surface area contributed by atoms with Gasteiger partial charge in [0.05, 0.1) is 23.4 Å². The molecule has 1 heterocycles. The van der Waals surface area contributed by atoms with Gasteiger partial charge in [0, 0.05) is 6.42 Å². The standard InChI is InChI=1S/C9H15N5O3/c1-7-6-8(14(16)17)12-13(7)5-3-2-4-9(15)11-10/h6H,2-5,10H2,1H3,(H,11,15). The van der Waals surface area contributed by atoms with Crippen LogP contribution in [0.15, 0.2) is 6.07 Å². The van der Waals surface area contributed by atoms with Gasteiger partial charge in [-0.25, -0.2) is 5.84 Å². The number of hydrogen-bond donors (Lipinski definition) is 2. The number of nitrogens with zero attached hydrogens (tertiary/aromatic N) is 3. The van der Waals surface area contributed by atoms with E-state index in [1.54, 1.807) is 11.6 Å². The third-order valence-electron chi connectivity index (χ3n) is 2.34. The Bertz CT molecular complexity index is 415. The molecule has 0 aliphatic carbocycles. The molecule has 8 nitrogen and oxygen atoms in total. The Morgan fingerprint density at radius 1 is 1.65 bits per heavy atom. The summed E-state index contributed by atoms with van der Waals surface area (Å²) >= 11 is 0. The summed E-state index contributed by atoms with van der Waals surface area (Å²) in [4.78, 5) is 20.8. The van der Waals surface area contributed by atoms with E-state index in [0.717, 1.165) is 5.69 Å². The lowest BCUT2D eigenvalue weighted by molar-refractivity contribution is -0.389. The zero-order chi connectivity index (χ0) is 12.8. The van der Waals surface area contributed by atoms with Gasteiger partial charge < -0.3 is 10.1 Å². The highest BCUT2D eigenvalue weighted by molar-refractivity contribution is 5.74. The van der Waals surface area contributed by atoms with Crippen LogP contribution in [0.25, 0.3) is 0 Å². The van der Waals surface area contributed by atoms with Gasteiger partial charge in [-0.1, -0.05) is 0 Å². The number of aromatic nitrogens is 2. The van der Waals surface area contributed by atoms with Gasteiger partial charge in [0.15, 0.2) is 0 Å². The van der Waals surface area contributed by atoms with Crippen molar-refractivity contribution in [2.24, 2.45) is 5.84 Å². The van der Waals surface area contributed by atoms with Crippen LogP contribution in [0.3, 0.4) is 0 Å². The summed E-state index contributed by atoms with van der Waals surface area (Å²) in [5, 5.41) is 14.3. The van der Waals surface area contributed by atoms with Crippen LogP contribution < -0.4 is 11.3 Å². The van der Waals surface area contributed by atoms with Gasteiger partial charge in [0.1, 0.15) is 0 Å². The fourth-order valence-electron chi connectivity index (χ4n) is 1.43. The summed E-state index contributed by atoms with van der Waals surface area (Å²) < 4.78 is 1.57. The lowest BCUT2D eigenvalue weighted by atomic mass is 10.2. The second-order valence-corrected chi connectivity index (χ2v) is 3.65. The topological polar surface area (TPSA) is 116 Å². The Hall–Kier alpha value is -1.96. The lowest BCUT2D eigenvalue weighted by Gasteiger charge is -2.00. The number of aryl methyl sites for hydroxylation is 2. The normalized spacial score (nSPS) is 10.2. The lowest BCUT2D eigenvalue weighted by Crippen LogP contribution is -2.29. The maximum atomic E-state index is 10.8. The molecule has 1 rings (SSSR count). The number of amides is 1. The van der Waals surface area contributed by atoms with E-state index >= 15 is 0 Å². The molecule has 0 saturated heterocycles. The molecule has 1 aromatic heterocycles. The summed E-state index contributed by atoms with van der Waals surface area (Å²) in [5.74, 6) is 4.57. The van der Waals surface area contributed by atoms with Crippen LogP contribution in [0.4, 0.5) is 5.82 Å². The molecule has 0 saturated carbocycles. The highest BCUT2D eigenvalue weighted by Gasteiger charge is 2.14. The molecular formula is C9H15N5O3. The molecule has 0 unspecified atom stereocenters. The van der Waals surface area contributed by atoms with E-state index in [-0.39, 0.29) is 11.7 Å². The van der Waals surface area contributed by atoms with Gasteiger partial charge >= 0.3 is 5.82 Å². The SMILES string of the molecule is Cc1cc([N+](=O)[O-])nn1CCCCC(=O)NN. The second kappa shape index (κ2) is 5.94. The van der Waals surface area contributed by atoms with E-state index in [9.17, 15) is 14.9 Å². The smallest absolute Gasteiger partial charge is 0.358 e. The molecular weight excluding hydrogens is 226 g/mol. The summed E-state index contributed by atoms with van der Waals surface area (Å²) in [6, 6.07) is 1.42. The zero-order valence-corrected chi connectivity index (χ0v) is 9.55. The molecule has 0 atom stereocenters. The van der Waals surface area contributed by atoms with E-state index in [0.29, 0.717) is 25.8 Å². The van der Waals surface area contributed by atoms with E-state index in [1.807, 2.05) is 5.43 Å². The maximum absolute atomic E-state index is 10.8. The largest absolute Gasteiger partial charge is 0.390 e. The van der Waals surface area contributed by atoms with Crippen molar-refractivity contribution in [2.45, 2.75) is 32.7 Å². The van der Waals surface area contributed by atoms with Crippen LogP contribution >= 0.6 is 0 Å². The number of nitro groups is 1. The number of carbonyl (C=O) groups is 1. The molecule has 8 heteroatoms. The minimum Gasteiger partial charge on any atom is -0.358 e. The van der Waals surface area contributed by atoms with Crippen molar-refractivity contribution in [3.8, 4) is 0 Å². The van der Waals surface area contributed by atoms with Crippen molar-refractivity contribution in [2.75, 3.05) is 0 Å². The fraction of sp³-hybridized carbons (Fsp3) is 0.556. The Balaban J connectivity index is 2.41. The number of rotatable bonds is 6. The molecule has 3 N–H and O–H groups in total. The molecule has 0 fully saturated rings. The van der Waals surface area contributed by atoms with E-state index in [4.69, 9.17) is 5.84 Å². The summed E-state index contributed by atoms with van der Waals surface area (Å²) in [5.41, 5.74) is 2.78. The van der Waals surface area contributed by atoms with Gasteiger partial charge in [-0.15, -0.1) is 0 Å². The molecule has 17 heavy (non-hydrogen) atoms. The van der Waals surface area contributed by atoms with Gasteiger partial charge in [-0.3, -0.25) is 10.2 Å². The minimum absolute atomic E-state index is 0.151. The van der Waals surface area contributed by atoms with Crippen LogP contribution in [0.2, 0.25) is 0 Å². The predicted octanol–water partition coefficient (Wildman–Crippen LogP) is 0.260. The first-order valence-electron chi connectivity index (χ1n) is 5.23. The molecule has 0 bridgehead atoms. The fourth-order valence-corrected chi connectivity index (χ4v) is 1.43. The van der Waals surface area contributed by atoms with E-state index in [1.165, 1.54) is 6.07 Å². The molecule has 1 aromatic rings. The Labute approximate surface area is 97.9 Å². The highest BCUT2D eigenvalue weighted by Crippen LogP contribution is 2.11.